The molecule has 25 heavy (non-hydrogen) atoms. The maximum atomic E-state index is 12.6. The summed E-state index contributed by atoms with van der Waals surface area (Å²) in [6.45, 7) is 2.09. The first kappa shape index (κ1) is 16.4. The minimum Gasteiger partial charge on any atom is -0.486 e. The summed E-state index contributed by atoms with van der Waals surface area (Å²) in [4.78, 5) is 14.4. The first-order valence-electron chi connectivity index (χ1n) is 8.03. The molecule has 2 aromatic rings. The number of hydrogen-bond acceptors (Lipinski definition) is 3. The van der Waals surface area contributed by atoms with Crippen LogP contribution in [0.4, 0.5) is 10.5 Å². The SMILES string of the molecule is O=C(Nc1cc2c(cc1Cl)OCCO2)N1CCc2c(Cl)cccc2C1. The third kappa shape index (κ3) is 3.22. The number of ether oxygens (including phenoxy) is 2. The van der Waals surface area contributed by atoms with Crippen molar-refractivity contribution >= 4 is 34.9 Å². The van der Waals surface area contributed by atoms with Gasteiger partial charge in [0.25, 0.3) is 0 Å². The van der Waals surface area contributed by atoms with Gasteiger partial charge in [0.05, 0.1) is 10.7 Å². The molecule has 4 rings (SSSR count). The largest absolute Gasteiger partial charge is 0.486 e. The number of fused-ring (bicyclic) bond motifs is 2. The Balaban J connectivity index is 1.51. The van der Waals surface area contributed by atoms with Gasteiger partial charge in [-0.15, -0.1) is 0 Å². The third-order valence-corrected chi connectivity index (χ3v) is 5.04. The summed E-state index contributed by atoms with van der Waals surface area (Å²) in [5.41, 5.74) is 2.69. The van der Waals surface area contributed by atoms with E-state index in [9.17, 15) is 4.79 Å². The number of carbonyl (C=O) groups is 1. The smallest absolute Gasteiger partial charge is 0.322 e. The van der Waals surface area contributed by atoms with Crippen LogP contribution < -0.4 is 14.8 Å². The molecular formula is C18H16Cl2N2O3. The Morgan fingerprint density at radius 1 is 1.08 bits per heavy atom. The highest BCUT2D eigenvalue weighted by molar-refractivity contribution is 6.34. The number of rotatable bonds is 1. The standard InChI is InChI=1S/C18H16Cl2N2O3/c19-13-3-1-2-11-10-22(5-4-12(11)13)18(23)21-15-9-17-16(8-14(15)20)24-6-7-25-17/h1-3,8-9H,4-7,10H2,(H,21,23). The summed E-state index contributed by atoms with van der Waals surface area (Å²) in [5, 5.41) is 4.03. The van der Waals surface area contributed by atoms with E-state index in [0.717, 1.165) is 22.6 Å². The highest BCUT2D eigenvalue weighted by Gasteiger charge is 2.23. The van der Waals surface area contributed by atoms with Crippen molar-refractivity contribution in [1.29, 1.82) is 0 Å². The quantitative estimate of drug-likeness (QED) is 0.801. The number of hydrogen-bond donors (Lipinski definition) is 1. The van der Waals surface area contributed by atoms with E-state index in [1.807, 2.05) is 18.2 Å². The van der Waals surface area contributed by atoms with Crippen LogP contribution in [0.2, 0.25) is 10.0 Å². The Bertz CT molecular complexity index is 841. The molecule has 0 saturated heterocycles. The van der Waals surface area contributed by atoms with Gasteiger partial charge in [0, 0.05) is 30.2 Å². The first-order chi connectivity index (χ1) is 12.1. The number of anilines is 1. The fraction of sp³-hybridized carbons (Fsp3) is 0.278. The van der Waals surface area contributed by atoms with Crippen molar-refractivity contribution in [2.24, 2.45) is 0 Å². The normalized spacial score (nSPS) is 15.5. The molecule has 2 aliphatic rings. The van der Waals surface area contributed by atoms with Gasteiger partial charge in [0.15, 0.2) is 11.5 Å². The maximum absolute atomic E-state index is 12.6. The summed E-state index contributed by atoms with van der Waals surface area (Å²) in [5.74, 6) is 1.18. The Hall–Kier alpha value is -2.11. The van der Waals surface area contributed by atoms with Crippen molar-refractivity contribution in [3.8, 4) is 11.5 Å². The number of nitrogens with one attached hydrogen (secondary N) is 1. The second-order valence-corrected chi connectivity index (χ2v) is 6.77. The van der Waals surface area contributed by atoms with E-state index in [1.54, 1.807) is 17.0 Å². The molecule has 0 radical (unpaired) electrons. The summed E-state index contributed by atoms with van der Waals surface area (Å²) in [6.07, 6.45) is 0.733. The molecule has 0 aliphatic carbocycles. The van der Waals surface area contributed by atoms with E-state index in [4.69, 9.17) is 32.7 Å². The molecule has 0 aromatic heterocycles. The number of urea groups is 1. The lowest BCUT2D eigenvalue weighted by atomic mass is 10.00. The van der Waals surface area contributed by atoms with Crippen molar-refractivity contribution < 1.29 is 14.3 Å². The van der Waals surface area contributed by atoms with Crippen LogP contribution in [0.1, 0.15) is 11.1 Å². The molecule has 1 N–H and O–H groups in total. The van der Waals surface area contributed by atoms with Gasteiger partial charge >= 0.3 is 6.03 Å². The summed E-state index contributed by atoms with van der Waals surface area (Å²) >= 11 is 12.5. The Kier molecular flexibility index (Phi) is 4.36. The summed E-state index contributed by atoms with van der Waals surface area (Å²) < 4.78 is 11.0. The summed E-state index contributed by atoms with van der Waals surface area (Å²) in [7, 11) is 0. The van der Waals surface area contributed by atoms with E-state index in [0.29, 0.717) is 48.5 Å². The molecule has 2 amide bonds. The summed E-state index contributed by atoms with van der Waals surface area (Å²) in [6, 6.07) is 8.94. The molecule has 0 saturated carbocycles. The van der Waals surface area contributed by atoms with Crippen molar-refractivity contribution in [1.82, 2.24) is 4.90 Å². The van der Waals surface area contributed by atoms with Crippen LogP contribution in [-0.4, -0.2) is 30.7 Å². The van der Waals surface area contributed by atoms with Crippen molar-refractivity contribution in [3.63, 3.8) is 0 Å². The molecule has 0 atom stereocenters. The molecule has 0 fully saturated rings. The van der Waals surface area contributed by atoms with E-state index < -0.39 is 0 Å². The van der Waals surface area contributed by atoms with E-state index >= 15 is 0 Å². The van der Waals surface area contributed by atoms with Gasteiger partial charge in [-0.25, -0.2) is 4.79 Å². The Labute approximate surface area is 155 Å². The molecule has 2 aliphatic heterocycles. The van der Waals surface area contributed by atoms with Crippen LogP contribution in [0.5, 0.6) is 11.5 Å². The number of amides is 2. The van der Waals surface area contributed by atoms with E-state index in [1.165, 1.54) is 0 Å². The zero-order valence-corrected chi connectivity index (χ0v) is 14.9. The van der Waals surface area contributed by atoms with Gasteiger partial charge in [-0.2, -0.15) is 0 Å². The van der Waals surface area contributed by atoms with Gasteiger partial charge in [-0.05, 0) is 23.6 Å². The van der Waals surface area contributed by atoms with Crippen LogP contribution in [-0.2, 0) is 13.0 Å². The number of benzene rings is 2. The fourth-order valence-electron chi connectivity index (χ4n) is 3.09. The van der Waals surface area contributed by atoms with Crippen LogP contribution in [0.15, 0.2) is 30.3 Å². The van der Waals surface area contributed by atoms with Crippen LogP contribution in [0.25, 0.3) is 0 Å². The molecule has 2 aromatic carbocycles. The average molecular weight is 379 g/mol. The zero-order valence-electron chi connectivity index (χ0n) is 13.4. The van der Waals surface area contributed by atoms with Gasteiger partial charge in [-0.3, -0.25) is 0 Å². The third-order valence-electron chi connectivity index (χ3n) is 4.37. The topological polar surface area (TPSA) is 50.8 Å². The number of halogens is 2. The second-order valence-electron chi connectivity index (χ2n) is 5.95. The van der Waals surface area contributed by atoms with Crippen molar-refractivity contribution in [3.05, 3.63) is 51.5 Å². The monoisotopic (exact) mass is 378 g/mol. The number of nitrogens with zero attached hydrogens (tertiary/aromatic N) is 1. The maximum Gasteiger partial charge on any atom is 0.322 e. The predicted molar refractivity (Wildman–Crippen MR) is 97.0 cm³/mol. The van der Waals surface area contributed by atoms with Gasteiger partial charge in [0.1, 0.15) is 13.2 Å². The number of carbonyl (C=O) groups excluding carboxylic acids is 1. The molecule has 0 unspecified atom stereocenters. The van der Waals surface area contributed by atoms with Crippen LogP contribution in [0, 0.1) is 0 Å². The fourth-order valence-corrected chi connectivity index (χ4v) is 3.58. The minimum absolute atomic E-state index is 0.204. The molecule has 0 spiro atoms. The predicted octanol–water partition coefficient (Wildman–Crippen LogP) is 4.35. The lowest BCUT2D eigenvalue weighted by Crippen LogP contribution is -2.39. The lowest BCUT2D eigenvalue weighted by Gasteiger charge is -2.29. The Morgan fingerprint density at radius 2 is 1.84 bits per heavy atom. The second kappa shape index (κ2) is 6.65. The molecule has 0 bridgehead atoms. The minimum atomic E-state index is -0.204. The van der Waals surface area contributed by atoms with E-state index in [2.05, 4.69) is 5.32 Å². The van der Waals surface area contributed by atoms with Gasteiger partial charge < -0.3 is 19.7 Å². The van der Waals surface area contributed by atoms with Gasteiger partial charge in [-0.1, -0.05) is 35.3 Å². The molecule has 7 heteroatoms. The average Bonchev–Trinajstić information content (AvgIpc) is 2.62. The molecule has 2 heterocycles. The van der Waals surface area contributed by atoms with Crippen molar-refractivity contribution in [2.45, 2.75) is 13.0 Å². The molecule has 130 valence electrons. The van der Waals surface area contributed by atoms with Crippen LogP contribution >= 0.6 is 23.2 Å². The van der Waals surface area contributed by atoms with Gasteiger partial charge in [0.2, 0.25) is 0 Å². The first-order valence-corrected chi connectivity index (χ1v) is 8.79. The highest BCUT2D eigenvalue weighted by Crippen LogP contribution is 2.38. The molecular weight excluding hydrogens is 363 g/mol. The highest BCUT2D eigenvalue weighted by atomic mass is 35.5. The van der Waals surface area contributed by atoms with E-state index in [-0.39, 0.29) is 6.03 Å². The van der Waals surface area contributed by atoms with Crippen molar-refractivity contribution in [2.75, 3.05) is 25.1 Å². The lowest BCUT2D eigenvalue weighted by molar-refractivity contribution is 0.171. The molecule has 5 nitrogen and oxygen atoms in total. The zero-order chi connectivity index (χ0) is 17.4. The van der Waals surface area contributed by atoms with Crippen LogP contribution in [0.3, 0.4) is 0 Å². The Morgan fingerprint density at radius 3 is 2.64 bits per heavy atom.